The maximum absolute atomic E-state index is 11.5. The smallest absolute Gasteiger partial charge is 0.356 e. The molecule has 0 spiro atoms. The third kappa shape index (κ3) is 3.35. The van der Waals surface area contributed by atoms with Gasteiger partial charge in [-0.1, -0.05) is 24.2 Å². The Bertz CT molecular complexity index is 508. The fourth-order valence-corrected chi connectivity index (χ4v) is 1.87. The van der Waals surface area contributed by atoms with E-state index in [9.17, 15) is 4.79 Å². The fourth-order valence-electron chi connectivity index (χ4n) is 1.10. The topological polar surface area (TPSA) is 88.2 Å². The van der Waals surface area contributed by atoms with E-state index in [2.05, 4.69) is 16.6 Å². The summed E-state index contributed by atoms with van der Waals surface area (Å²) in [7, 11) is 1.21. The quantitative estimate of drug-likeness (QED) is 0.333. The number of rotatable bonds is 5. The molecule has 1 aromatic heterocycles. The van der Waals surface area contributed by atoms with Gasteiger partial charge in [-0.05, 0) is 11.4 Å². The number of carbonyl (C=O) groups excluding carboxylic acids is 1. The van der Waals surface area contributed by atoms with E-state index in [1.807, 2.05) is 17.5 Å². The van der Waals surface area contributed by atoms with Crippen LogP contribution >= 0.6 is 22.9 Å². The number of nitrogens with two attached hydrogens (primary N) is 1. The second-order valence-electron chi connectivity index (χ2n) is 3.18. The fraction of sp³-hybridized carbons (Fsp3) is 0.0909. The molecule has 18 heavy (non-hydrogen) atoms. The van der Waals surface area contributed by atoms with E-state index >= 15 is 0 Å². The molecule has 0 saturated carbocycles. The summed E-state index contributed by atoms with van der Waals surface area (Å²) in [6, 6.07) is 3.68. The van der Waals surface area contributed by atoms with Crippen LogP contribution in [0.4, 0.5) is 0 Å². The van der Waals surface area contributed by atoms with Gasteiger partial charge in [0.25, 0.3) is 0 Å². The molecular formula is C11H12ClN3O2S. The number of esters is 1. The van der Waals surface area contributed by atoms with Gasteiger partial charge < -0.3 is 15.8 Å². The molecule has 0 fully saturated rings. The standard InChI is InChI=1S/C11H12ClN3O2S/c1-6(7-4-3-5-18-7)15-9(11(16)17-2)8(12)10(13)14/h3-5,15H,1H2,2H3,(H3,13,14). The van der Waals surface area contributed by atoms with Crippen molar-refractivity contribution in [2.45, 2.75) is 0 Å². The molecule has 5 nitrogen and oxygen atoms in total. The Morgan fingerprint density at radius 3 is 2.78 bits per heavy atom. The second-order valence-corrected chi connectivity index (χ2v) is 4.50. The van der Waals surface area contributed by atoms with Gasteiger partial charge in [0, 0.05) is 10.6 Å². The van der Waals surface area contributed by atoms with E-state index in [1.54, 1.807) is 0 Å². The number of hydrogen-bond donors (Lipinski definition) is 3. The van der Waals surface area contributed by atoms with Gasteiger partial charge in [0.05, 0.1) is 7.11 Å². The minimum absolute atomic E-state index is 0.106. The van der Waals surface area contributed by atoms with Crippen molar-refractivity contribution < 1.29 is 9.53 Å². The summed E-state index contributed by atoms with van der Waals surface area (Å²) >= 11 is 7.24. The first-order chi connectivity index (χ1) is 8.47. The van der Waals surface area contributed by atoms with Crippen LogP contribution in [0, 0.1) is 5.41 Å². The molecule has 0 atom stereocenters. The van der Waals surface area contributed by atoms with Crippen molar-refractivity contribution in [1.29, 1.82) is 5.41 Å². The molecule has 0 amide bonds. The van der Waals surface area contributed by atoms with Crippen molar-refractivity contribution in [3.8, 4) is 0 Å². The number of carbonyl (C=O) groups is 1. The van der Waals surface area contributed by atoms with Crippen LogP contribution in [0.25, 0.3) is 5.70 Å². The van der Waals surface area contributed by atoms with Gasteiger partial charge in [-0.3, -0.25) is 5.41 Å². The van der Waals surface area contributed by atoms with E-state index in [4.69, 9.17) is 22.7 Å². The molecule has 0 aromatic carbocycles. The lowest BCUT2D eigenvalue weighted by atomic mass is 10.3. The van der Waals surface area contributed by atoms with Crippen LogP contribution in [-0.4, -0.2) is 18.9 Å². The summed E-state index contributed by atoms with van der Waals surface area (Å²) < 4.78 is 4.57. The number of thiophene rings is 1. The van der Waals surface area contributed by atoms with Crippen molar-refractivity contribution in [3.05, 3.63) is 39.7 Å². The molecule has 1 aromatic rings. The number of halogens is 1. The summed E-state index contributed by atoms with van der Waals surface area (Å²) in [5.74, 6) is -1.14. The average Bonchev–Trinajstić information content (AvgIpc) is 2.87. The van der Waals surface area contributed by atoms with E-state index in [0.717, 1.165) is 4.88 Å². The number of nitrogens with one attached hydrogen (secondary N) is 2. The molecule has 4 N–H and O–H groups in total. The summed E-state index contributed by atoms with van der Waals surface area (Å²) in [6.45, 7) is 3.78. The van der Waals surface area contributed by atoms with Gasteiger partial charge in [0.15, 0.2) is 0 Å². The van der Waals surface area contributed by atoms with Crippen molar-refractivity contribution in [1.82, 2.24) is 5.32 Å². The summed E-state index contributed by atoms with van der Waals surface area (Å²) in [5.41, 5.74) is 5.61. The highest BCUT2D eigenvalue weighted by Gasteiger charge is 2.18. The predicted molar refractivity (Wildman–Crippen MR) is 73.3 cm³/mol. The zero-order valence-electron chi connectivity index (χ0n) is 9.62. The van der Waals surface area contributed by atoms with Gasteiger partial charge in [0.1, 0.15) is 16.6 Å². The second kappa shape index (κ2) is 6.23. The van der Waals surface area contributed by atoms with Gasteiger partial charge in [-0.25, -0.2) is 4.79 Å². The highest BCUT2D eigenvalue weighted by atomic mass is 35.5. The van der Waals surface area contributed by atoms with Crippen LogP contribution in [0.2, 0.25) is 0 Å². The first-order valence-corrected chi connectivity index (χ1v) is 6.05. The minimum atomic E-state index is -0.715. The number of methoxy groups -OCH3 is 1. The Balaban J connectivity index is 3.01. The SMILES string of the molecule is C=C(NC(C(=O)OC)=C(Cl)C(=N)N)c1cccs1. The molecular weight excluding hydrogens is 274 g/mol. The van der Waals surface area contributed by atoms with E-state index in [0.29, 0.717) is 5.70 Å². The van der Waals surface area contributed by atoms with Crippen molar-refractivity contribution in [2.75, 3.05) is 7.11 Å². The normalized spacial score (nSPS) is 11.4. The van der Waals surface area contributed by atoms with Crippen LogP contribution in [0.3, 0.4) is 0 Å². The molecule has 0 saturated heterocycles. The lowest BCUT2D eigenvalue weighted by Crippen LogP contribution is -2.25. The lowest BCUT2D eigenvalue weighted by Gasteiger charge is -2.12. The van der Waals surface area contributed by atoms with Crippen LogP contribution in [0.15, 0.2) is 34.8 Å². The highest BCUT2D eigenvalue weighted by Crippen LogP contribution is 2.19. The molecule has 7 heteroatoms. The Labute approximate surface area is 113 Å². The summed E-state index contributed by atoms with van der Waals surface area (Å²) in [5, 5.41) is 11.6. The molecule has 1 heterocycles. The minimum Gasteiger partial charge on any atom is -0.464 e. The Morgan fingerprint density at radius 1 is 1.67 bits per heavy atom. The van der Waals surface area contributed by atoms with Gasteiger partial charge >= 0.3 is 5.97 Å². The zero-order chi connectivity index (χ0) is 13.7. The van der Waals surface area contributed by atoms with Crippen LogP contribution in [0.5, 0.6) is 0 Å². The first-order valence-electron chi connectivity index (χ1n) is 4.79. The highest BCUT2D eigenvalue weighted by molar-refractivity contribution is 7.11. The lowest BCUT2D eigenvalue weighted by molar-refractivity contribution is -0.136. The van der Waals surface area contributed by atoms with Crippen molar-refractivity contribution in [3.63, 3.8) is 0 Å². The monoisotopic (exact) mass is 285 g/mol. The first kappa shape index (κ1) is 14.3. The molecule has 96 valence electrons. The van der Waals surface area contributed by atoms with Crippen molar-refractivity contribution in [2.24, 2.45) is 5.73 Å². The van der Waals surface area contributed by atoms with Crippen LogP contribution < -0.4 is 11.1 Å². The Morgan fingerprint density at radius 2 is 2.33 bits per heavy atom. The summed E-state index contributed by atoms with van der Waals surface area (Å²) in [4.78, 5) is 12.4. The maximum atomic E-state index is 11.5. The maximum Gasteiger partial charge on any atom is 0.356 e. The van der Waals surface area contributed by atoms with E-state index in [1.165, 1.54) is 18.4 Å². The molecule has 1 rings (SSSR count). The van der Waals surface area contributed by atoms with Gasteiger partial charge in [-0.2, -0.15) is 0 Å². The van der Waals surface area contributed by atoms with Crippen LogP contribution in [0.1, 0.15) is 4.88 Å². The average molecular weight is 286 g/mol. The number of amidine groups is 1. The molecule has 0 bridgehead atoms. The van der Waals surface area contributed by atoms with Gasteiger partial charge in [-0.15, -0.1) is 11.3 Å². The summed E-state index contributed by atoms with van der Waals surface area (Å²) in [6.07, 6.45) is 0. The zero-order valence-corrected chi connectivity index (χ0v) is 11.2. The molecule has 0 radical (unpaired) electrons. The predicted octanol–water partition coefficient (Wildman–Crippen LogP) is 1.87. The largest absolute Gasteiger partial charge is 0.464 e. The van der Waals surface area contributed by atoms with E-state index < -0.39 is 11.8 Å². The molecule has 0 unspecified atom stereocenters. The van der Waals surface area contributed by atoms with Crippen molar-refractivity contribution >= 4 is 40.4 Å². The Kier molecular flexibility index (Phi) is 4.94. The molecule has 0 aliphatic rings. The molecule has 0 aliphatic heterocycles. The Hall–Kier alpha value is -1.79. The van der Waals surface area contributed by atoms with E-state index in [-0.39, 0.29) is 10.7 Å². The van der Waals surface area contributed by atoms with Gasteiger partial charge in [0.2, 0.25) is 0 Å². The van der Waals surface area contributed by atoms with Crippen LogP contribution in [-0.2, 0) is 9.53 Å². The number of ether oxygens (including phenoxy) is 1. The molecule has 0 aliphatic carbocycles. The third-order valence-corrected chi connectivity index (χ3v) is 3.26. The third-order valence-electron chi connectivity index (χ3n) is 1.94. The number of hydrogen-bond acceptors (Lipinski definition) is 5.